The molecule has 188 valence electrons. The van der Waals surface area contributed by atoms with Gasteiger partial charge in [0.15, 0.2) is 5.82 Å². The third-order valence-electron chi connectivity index (χ3n) is 4.82. The van der Waals surface area contributed by atoms with Crippen LogP contribution in [0.1, 0.15) is 40.4 Å². The van der Waals surface area contributed by atoms with E-state index in [9.17, 15) is 22.8 Å². The lowest BCUT2D eigenvalue weighted by Crippen LogP contribution is -2.36. The summed E-state index contributed by atoms with van der Waals surface area (Å²) in [6, 6.07) is 5.90. The molecule has 3 N–H and O–H groups in total. The smallest absolute Gasteiger partial charge is 0.417 e. The minimum atomic E-state index is -4.53. The van der Waals surface area contributed by atoms with Crippen LogP contribution in [0.25, 0.3) is 0 Å². The number of nitrogens with one attached hydrogen (secondary N) is 1. The highest BCUT2D eigenvalue weighted by Crippen LogP contribution is 2.29. The number of methoxy groups -OCH3 is 1. The maximum Gasteiger partial charge on any atom is 0.417 e. The van der Waals surface area contributed by atoms with E-state index in [0.29, 0.717) is 12.0 Å². The summed E-state index contributed by atoms with van der Waals surface area (Å²) in [7, 11) is 1.16. The number of ether oxygens (including phenoxy) is 1. The first-order chi connectivity index (χ1) is 17.1. The van der Waals surface area contributed by atoms with Gasteiger partial charge in [-0.05, 0) is 37.3 Å². The number of carbonyl (C=O) groups is 2. The van der Waals surface area contributed by atoms with E-state index in [0.717, 1.165) is 13.2 Å². The number of hydrogen-bond acceptors (Lipinski definition) is 8. The lowest BCUT2D eigenvalue weighted by molar-refractivity contribution is -0.137. The molecule has 1 unspecified atom stereocenters. The van der Waals surface area contributed by atoms with E-state index in [2.05, 4.69) is 35.0 Å². The largest absolute Gasteiger partial charge is 0.453 e. The molecule has 0 saturated heterocycles. The van der Waals surface area contributed by atoms with E-state index >= 15 is 0 Å². The van der Waals surface area contributed by atoms with Crippen LogP contribution in [-0.2, 0) is 17.5 Å². The number of rotatable bonds is 6. The lowest BCUT2D eigenvalue weighted by Gasteiger charge is -2.28. The van der Waals surface area contributed by atoms with Gasteiger partial charge in [0.25, 0.3) is 5.91 Å². The van der Waals surface area contributed by atoms with Crippen LogP contribution in [-0.4, -0.2) is 49.9 Å². The number of guanidine groups is 1. The van der Waals surface area contributed by atoms with Crippen molar-refractivity contribution in [1.29, 1.82) is 0 Å². The van der Waals surface area contributed by atoms with E-state index in [1.54, 1.807) is 13.0 Å². The Morgan fingerprint density at radius 2 is 1.83 bits per heavy atom. The fraction of sp³-hybridized carbons (Fsp3) is 0.227. The SMILES string of the molecule is COC(=O)NC(N)=Nc1ccc(C(=O)N(Cc2ccc(C(F)(F)F)cn2)C(C)c2ncccn2)cn1. The Bertz CT molecular complexity index is 1220. The Morgan fingerprint density at radius 3 is 2.39 bits per heavy atom. The van der Waals surface area contributed by atoms with Crippen molar-refractivity contribution in [2.75, 3.05) is 7.11 Å². The normalized spacial score (nSPS) is 12.5. The summed E-state index contributed by atoms with van der Waals surface area (Å²) < 4.78 is 43.1. The van der Waals surface area contributed by atoms with Crippen LogP contribution in [0, 0.1) is 0 Å². The van der Waals surface area contributed by atoms with E-state index in [1.807, 2.05) is 0 Å². The van der Waals surface area contributed by atoms with Gasteiger partial charge in [0.1, 0.15) is 5.82 Å². The van der Waals surface area contributed by atoms with Crippen LogP contribution in [0.15, 0.2) is 60.1 Å². The molecular formula is C22H21F3N8O3. The molecule has 0 aliphatic carbocycles. The van der Waals surface area contributed by atoms with Crippen molar-refractivity contribution in [3.8, 4) is 0 Å². The fourth-order valence-electron chi connectivity index (χ4n) is 2.96. The number of nitrogens with two attached hydrogens (primary N) is 1. The van der Waals surface area contributed by atoms with E-state index in [4.69, 9.17) is 5.73 Å². The van der Waals surface area contributed by atoms with Crippen molar-refractivity contribution in [3.05, 3.63) is 77.8 Å². The minimum Gasteiger partial charge on any atom is -0.453 e. The van der Waals surface area contributed by atoms with E-state index in [1.165, 1.54) is 41.7 Å². The third kappa shape index (κ3) is 6.71. The molecule has 0 aliphatic rings. The number of pyridine rings is 2. The molecule has 0 saturated carbocycles. The molecular weight excluding hydrogens is 481 g/mol. The van der Waals surface area contributed by atoms with Gasteiger partial charge in [-0.25, -0.2) is 19.7 Å². The molecule has 14 heteroatoms. The number of amides is 2. The van der Waals surface area contributed by atoms with Crippen molar-refractivity contribution in [1.82, 2.24) is 30.2 Å². The van der Waals surface area contributed by atoms with Crippen LogP contribution in [0.5, 0.6) is 0 Å². The van der Waals surface area contributed by atoms with Crippen LogP contribution < -0.4 is 11.1 Å². The molecule has 3 rings (SSSR count). The Kier molecular flexibility index (Phi) is 8.09. The number of carbonyl (C=O) groups excluding carboxylic acids is 2. The molecule has 0 bridgehead atoms. The van der Waals surface area contributed by atoms with Gasteiger partial charge in [-0.15, -0.1) is 0 Å². The zero-order valence-corrected chi connectivity index (χ0v) is 19.1. The maximum absolute atomic E-state index is 13.4. The van der Waals surface area contributed by atoms with Gasteiger partial charge in [-0.2, -0.15) is 18.2 Å². The van der Waals surface area contributed by atoms with Crippen LogP contribution in [0.2, 0.25) is 0 Å². The average molecular weight is 502 g/mol. The Balaban J connectivity index is 1.86. The third-order valence-corrected chi connectivity index (χ3v) is 4.82. The highest BCUT2D eigenvalue weighted by atomic mass is 19.4. The van der Waals surface area contributed by atoms with Crippen LogP contribution in [0.4, 0.5) is 23.8 Å². The van der Waals surface area contributed by atoms with Gasteiger partial charge in [0, 0.05) is 24.8 Å². The van der Waals surface area contributed by atoms with Gasteiger partial charge in [-0.3, -0.25) is 15.1 Å². The number of alkyl halides is 3. The van der Waals surface area contributed by atoms with Crippen molar-refractivity contribution >= 4 is 23.8 Å². The molecule has 0 aromatic carbocycles. The van der Waals surface area contributed by atoms with Gasteiger partial charge < -0.3 is 15.4 Å². The average Bonchev–Trinajstić information content (AvgIpc) is 2.87. The standard InChI is InChI=1S/C22H21F3N8O3/c1-13(18-27-8-3-9-28-18)33(12-16-6-5-15(11-29-16)22(23,24)25)19(34)14-4-7-17(30-10-14)31-20(26)32-21(35)36-2/h3-11,13H,12H2,1-2H3,(H3,26,30,31,32,35). The van der Waals surface area contributed by atoms with Crippen molar-refractivity contribution < 1.29 is 27.5 Å². The monoisotopic (exact) mass is 502 g/mol. The summed E-state index contributed by atoms with van der Waals surface area (Å²) >= 11 is 0. The highest BCUT2D eigenvalue weighted by molar-refractivity contribution is 5.95. The predicted molar refractivity (Wildman–Crippen MR) is 121 cm³/mol. The predicted octanol–water partition coefficient (Wildman–Crippen LogP) is 2.99. The molecule has 3 aromatic rings. The molecule has 2 amide bonds. The van der Waals surface area contributed by atoms with Crippen molar-refractivity contribution in [3.63, 3.8) is 0 Å². The maximum atomic E-state index is 13.4. The number of nitrogens with zero attached hydrogens (tertiary/aromatic N) is 6. The summed E-state index contributed by atoms with van der Waals surface area (Å²) in [5, 5.41) is 2.17. The van der Waals surface area contributed by atoms with Crippen molar-refractivity contribution in [2.24, 2.45) is 10.7 Å². The lowest BCUT2D eigenvalue weighted by atomic mass is 10.1. The first-order valence-corrected chi connectivity index (χ1v) is 10.3. The molecule has 3 aromatic heterocycles. The molecule has 11 nitrogen and oxygen atoms in total. The second-order valence-corrected chi connectivity index (χ2v) is 7.27. The molecule has 0 aliphatic heterocycles. The molecule has 1 atom stereocenters. The van der Waals surface area contributed by atoms with Crippen LogP contribution in [0.3, 0.4) is 0 Å². The number of hydrogen-bond donors (Lipinski definition) is 2. The zero-order valence-electron chi connectivity index (χ0n) is 19.1. The second kappa shape index (κ2) is 11.2. The minimum absolute atomic E-state index is 0.107. The summed E-state index contributed by atoms with van der Waals surface area (Å²) in [6.45, 7) is 1.56. The van der Waals surface area contributed by atoms with Gasteiger partial charge in [0.05, 0.1) is 36.5 Å². The quantitative estimate of drug-likeness (QED) is 0.386. The Labute approximate surface area is 203 Å². The zero-order chi connectivity index (χ0) is 26.3. The highest BCUT2D eigenvalue weighted by Gasteiger charge is 2.31. The Hall–Kier alpha value is -4.62. The molecule has 0 spiro atoms. The van der Waals surface area contributed by atoms with Crippen molar-refractivity contribution in [2.45, 2.75) is 25.7 Å². The molecule has 3 heterocycles. The van der Waals surface area contributed by atoms with Gasteiger partial charge in [-0.1, -0.05) is 0 Å². The van der Waals surface area contributed by atoms with E-state index < -0.39 is 29.8 Å². The van der Waals surface area contributed by atoms with Gasteiger partial charge >= 0.3 is 12.3 Å². The number of aromatic nitrogens is 4. The topological polar surface area (TPSA) is 149 Å². The summed E-state index contributed by atoms with van der Waals surface area (Å²) in [5.74, 6) is -0.330. The summed E-state index contributed by atoms with van der Waals surface area (Å²) in [4.78, 5) is 46.1. The summed E-state index contributed by atoms with van der Waals surface area (Å²) in [5.41, 5.74) is 5.08. The fourth-order valence-corrected chi connectivity index (χ4v) is 2.96. The molecule has 0 radical (unpaired) electrons. The van der Waals surface area contributed by atoms with E-state index in [-0.39, 0.29) is 29.6 Å². The number of alkyl carbamates (subject to hydrolysis) is 1. The van der Waals surface area contributed by atoms with Crippen LogP contribution >= 0.6 is 0 Å². The number of halogens is 3. The second-order valence-electron chi connectivity index (χ2n) is 7.27. The first kappa shape index (κ1) is 26.0. The number of aliphatic imine (C=N–C) groups is 1. The Morgan fingerprint density at radius 1 is 1.11 bits per heavy atom. The molecule has 36 heavy (non-hydrogen) atoms. The summed E-state index contributed by atoms with van der Waals surface area (Å²) in [6.07, 6.45) is -0.357. The first-order valence-electron chi connectivity index (χ1n) is 10.3. The van der Waals surface area contributed by atoms with Gasteiger partial charge in [0.2, 0.25) is 5.96 Å². The molecule has 0 fully saturated rings.